The Balaban J connectivity index is 3.10. The van der Waals surface area contributed by atoms with Crippen molar-refractivity contribution < 1.29 is 23.7 Å². The van der Waals surface area contributed by atoms with E-state index in [4.69, 9.17) is 18.9 Å². The number of methoxy groups -OCH3 is 3. The lowest BCUT2D eigenvalue weighted by molar-refractivity contribution is -0.142. The summed E-state index contributed by atoms with van der Waals surface area (Å²) in [6.07, 6.45) is 0. The number of carbonyl (C=O) groups excluding carboxylic acids is 1. The quantitative estimate of drug-likeness (QED) is 0.734. The van der Waals surface area contributed by atoms with Gasteiger partial charge in [0.2, 0.25) is 0 Å². The predicted octanol–water partition coefficient (Wildman–Crippen LogP) is 1.78. The molecule has 0 saturated carbocycles. The first-order chi connectivity index (χ1) is 8.12. The molecule has 0 amide bonds. The van der Waals surface area contributed by atoms with E-state index in [0.717, 1.165) is 0 Å². The Kier molecular flexibility index (Phi) is 4.63. The molecule has 0 unspecified atom stereocenters. The van der Waals surface area contributed by atoms with Gasteiger partial charge in [0.25, 0.3) is 0 Å². The second-order valence-corrected chi connectivity index (χ2v) is 3.29. The molecule has 0 N–H and O–H groups in total. The maximum Gasteiger partial charge on any atom is 0.302 e. The molecule has 0 fully saturated rings. The predicted molar refractivity (Wildman–Crippen MR) is 61.6 cm³/mol. The van der Waals surface area contributed by atoms with Gasteiger partial charge in [-0.25, -0.2) is 0 Å². The highest BCUT2D eigenvalue weighted by Crippen LogP contribution is 2.34. The molecule has 0 bridgehead atoms. The Hall–Kier alpha value is -1.91. The van der Waals surface area contributed by atoms with Crippen LogP contribution in [0.3, 0.4) is 0 Å². The lowest BCUT2D eigenvalue weighted by Gasteiger charge is -2.14. The maximum absolute atomic E-state index is 10.8. The van der Waals surface area contributed by atoms with Gasteiger partial charge in [0.1, 0.15) is 23.9 Å². The molecule has 0 spiro atoms. The molecule has 0 saturated heterocycles. The minimum Gasteiger partial charge on any atom is -0.496 e. The van der Waals surface area contributed by atoms with Crippen LogP contribution in [0, 0.1) is 0 Å². The smallest absolute Gasteiger partial charge is 0.302 e. The molecule has 94 valence electrons. The number of ether oxygens (including phenoxy) is 4. The molecule has 1 aromatic carbocycles. The highest BCUT2D eigenvalue weighted by Gasteiger charge is 2.14. The number of rotatable bonds is 5. The summed E-state index contributed by atoms with van der Waals surface area (Å²) in [5, 5.41) is 0. The summed E-state index contributed by atoms with van der Waals surface area (Å²) in [5.41, 5.74) is 0.672. The van der Waals surface area contributed by atoms with Crippen molar-refractivity contribution in [3.63, 3.8) is 0 Å². The van der Waals surface area contributed by atoms with E-state index in [1.54, 1.807) is 19.2 Å². The van der Waals surface area contributed by atoms with Crippen LogP contribution in [0.25, 0.3) is 0 Å². The van der Waals surface area contributed by atoms with Crippen LogP contribution in [0.15, 0.2) is 12.1 Å². The van der Waals surface area contributed by atoms with Crippen molar-refractivity contribution in [1.29, 1.82) is 0 Å². The molecule has 0 aromatic heterocycles. The van der Waals surface area contributed by atoms with Crippen molar-refractivity contribution in [2.75, 3.05) is 21.3 Å². The lowest BCUT2D eigenvalue weighted by atomic mass is 10.1. The largest absolute Gasteiger partial charge is 0.496 e. The molecule has 5 heteroatoms. The topological polar surface area (TPSA) is 54.0 Å². The van der Waals surface area contributed by atoms with E-state index < -0.39 is 0 Å². The Morgan fingerprint density at radius 1 is 1.06 bits per heavy atom. The average Bonchev–Trinajstić information content (AvgIpc) is 2.34. The average molecular weight is 240 g/mol. The Morgan fingerprint density at radius 3 is 1.94 bits per heavy atom. The third-order valence-electron chi connectivity index (χ3n) is 2.24. The Labute approximate surface area is 100 Å². The van der Waals surface area contributed by atoms with Crippen LogP contribution in [0.2, 0.25) is 0 Å². The molecule has 0 radical (unpaired) electrons. The normalized spacial score (nSPS) is 9.65. The molecule has 0 aliphatic carbocycles. The number of carbonyl (C=O) groups is 1. The lowest BCUT2D eigenvalue weighted by Crippen LogP contribution is -2.03. The molecule has 0 heterocycles. The molecular weight excluding hydrogens is 224 g/mol. The van der Waals surface area contributed by atoms with Crippen molar-refractivity contribution in [3.05, 3.63) is 17.7 Å². The third-order valence-corrected chi connectivity index (χ3v) is 2.24. The number of hydrogen-bond donors (Lipinski definition) is 0. The van der Waals surface area contributed by atoms with Gasteiger partial charge in [0, 0.05) is 19.1 Å². The summed E-state index contributed by atoms with van der Waals surface area (Å²) in [4.78, 5) is 10.8. The molecule has 1 aromatic rings. The van der Waals surface area contributed by atoms with Crippen molar-refractivity contribution >= 4 is 5.97 Å². The number of hydrogen-bond acceptors (Lipinski definition) is 5. The molecule has 0 atom stereocenters. The van der Waals surface area contributed by atoms with Gasteiger partial charge in [-0.05, 0) is 0 Å². The minimum absolute atomic E-state index is 0.103. The van der Waals surface area contributed by atoms with Crippen LogP contribution in [-0.2, 0) is 16.1 Å². The van der Waals surface area contributed by atoms with E-state index in [1.165, 1.54) is 21.1 Å². The number of esters is 1. The first-order valence-electron chi connectivity index (χ1n) is 5.04. The van der Waals surface area contributed by atoms with Gasteiger partial charge in [-0.15, -0.1) is 0 Å². The summed E-state index contributed by atoms with van der Waals surface area (Å²) in [5.74, 6) is 1.38. The molecule has 1 rings (SSSR count). The fourth-order valence-electron chi connectivity index (χ4n) is 1.39. The first kappa shape index (κ1) is 13.2. The molecule has 17 heavy (non-hydrogen) atoms. The molecule has 0 aliphatic rings. The summed E-state index contributed by atoms with van der Waals surface area (Å²) in [7, 11) is 4.62. The van der Waals surface area contributed by atoms with E-state index in [-0.39, 0.29) is 12.6 Å². The molecular formula is C12H16O5. The van der Waals surface area contributed by atoms with Crippen LogP contribution in [0.5, 0.6) is 17.2 Å². The van der Waals surface area contributed by atoms with Crippen molar-refractivity contribution in [2.24, 2.45) is 0 Å². The third kappa shape index (κ3) is 3.27. The van der Waals surface area contributed by atoms with Crippen LogP contribution in [0.1, 0.15) is 12.5 Å². The summed E-state index contributed by atoms with van der Waals surface area (Å²) in [6, 6.07) is 3.42. The summed E-state index contributed by atoms with van der Waals surface area (Å²) < 4.78 is 20.5. The zero-order chi connectivity index (χ0) is 12.8. The Morgan fingerprint density at radius 2 is 1.59 bits per heavy atom. The standard InChI is InChI=1S/C12H16O5/c1-8(13)17-7-10-11(15-3)5-9(14-2)6-12(10)16-4/h5-6H,7H2,1-4H3. The second-order valence-electron chi connectivity index (χ2n) is 3.29. The van der Waals surface area contributed by atoms with Crippen molar-refractivity contribution in [1.82, 2.24) is 0 Å². The minimum atomic E-state index is -0.357. The van der Waals surface area contributed by atoms with Gasteiger partial charge >= 0.3 is 5.97 Å². The van der Waals surface area contributed by atoms with Crippen LogP contribution in [0.4, 0.5) is 0 Å². The monoisotopic (exact) mass is 240 g/mol. The molecule has 0 aliphatic heterocycles. The SMILES string of the molecule is COc1cc(OC)c(COC(C)=O)c(OC)c1. The van der Waals surface area contributed by atoms with Crippen molar-refractivity contribution in [3.8, 4) is 17.2 Å². The Bertz CT molecular complexity index is 375. The van der Waals surface area contributed by atoms with E-state index in [1.807, 2.05) is 0 Å². The summed E-state index contributed by atoms with van der Waals surface area (Å²) >= 11 is 0. The van der Waals surface area contributed by atoms with Gasteiger partial charge in [-0.2, -0.15) is 0 Å². The van der Waals surface area contributed by atoms with Gasteiger partial charge in [0.05, 0.1) is 26.9 Å². The fourth-order valence-corrected chi connectivity index (χ4v) is 1.39. The maximum atomic E-state index is 10.8. The van der Waals surface area contributed by atoms with Gasteiger partial charge in [-0.1, -0.05) is 0 Å². The van der Waals surface area contributed by atoms with E-state index in [0.29, 0.717) is 22.8 Å². The van der Waals surface area contributed by atoms with Gasteiger partial charge in [0.15, 0.2) is 0 Å². The van der Waals surface area contributed by atoms with Crippen molar-refractivity contribution in [2.45, 2.75) is 13.5 Å². The van der Waals surface area contributed by atoms with Crippen LogP contribution >= 0.6 is 0 Å². The first-order valence-corrected chi connectivity index (χ1v) is 5.04. The van der Waals surface area contributed by atoms with Gasteiger partial charge < -0.3 is 18.9 Å². The van der Waals surface area contributed by atoms with Gasteiger partial charge in [-0.3, -0.25) is 4.79 Å². The van der Waals surface area contributed by atoms with E-state index in [2.05, 4.69) is 0 Å². The highest BCUT2D eigenvalue weighted by molar-refractivity contribution is 5.66. The number of benzene rings is 1. The fraction of sp³-hybridized carbons (Fsp3) is 0.417. The zero-order valence-corrected chi connectivity index (χ0v) is 10.4. The van der Waals surface area contributed by atoms with E-state index >= 15 is 0 Å². The van der Waals surface area contributed by atoms with Crippen LogP contribution < -0.4 is 14.2 Å². The van der Waals surface area contributed by atoms with Crippen LogP contribution in [-0.4, -0.2) is 27.3 Å². The second kappa shape index (κ2) is 5.98. The van der Waals surface area contributed by atoms with E-state index in [9.17, 15) is 4.79 Å². The summed E-state index contributed by atoms with van der Waals surface area (Å²) in [6.45, 7) is 1.45. The zero-order valence-electron chi connectivity index (χ0n) is 10.4. The highest BCUT2D eigenvalue weighted by atomic mass is 16.5. The molecule has 5 nitrogen and oxygen atoms in total.